The van der Waals surface area contributed by atoms with Crippen LogP contribution in [0.5, 0.6) is 0 Å². The van der Waals surface area contributed by atoms with Crippen LogP contribution in [0.2, 0.25) is 0 Å². The van der Waals surface area contributed by atoms with E-state index in [9.17, 15) is 9.59 Å². The summed E-state index contributed by atoms with van der Waals surface area (Å²) in [4.78, 5) is 30.7. The molecule has 0 unspecified atom stereocenters. The van der Waals surface area contributed by atoms with E-state index in [4.69, 9.17) is 0 Å². The van der Waals surface area contributed by atoms with Crippen LogP contribution in [0.4, 0.5) is 5.69 Å². The number of hydrogen-bond acceptors (Lipinski definition) is 3. The Morgan fingerprint density at radius 2 is 2.00 bits per heavy atom. The highest BCUT2D eigenvalue weighted by Crippen LogP contribution is 2.26. The smallest absolute Gasteiger partial charge is 0.227 e. The van der Waals surface area contributed by atoms with Gasteiger partial charge in [-0.25, -0.2) is 0 Å². The first-order chi connectivity index (χ1) is 12.5. The lowest BCUT2D eigenvalue weighted by Gasteiger charge is -2.17. The highest BCUT2D eigenvalue weighted by molar-refractivity contribution is 6.00. The zero-order chi connectivity index (χ0) is 18.5. The Morgan fingerprint density at radius 1 is 1.23 bits per heavy atom. The van der Waals surface area contributed by atoms with E-state index in [-0.39, 0.29) is 24.2 Å². The maximum atomic E-state index is 12.4. The number of amides is 2. The molecule has 0 aliphatic carbocycles. The molecule has 2 amide bonds. The second-order valence-corrected chi connectivity index (χ2v) is 7.01. The molecule has 5 heteroatoms. The molecule has 2 heterocycles. The van der Waals surface area contributed by atoms with Gasteiger partial charge in [-0.3, -0.25) is 14.6 Å². The maximum Gasteiger partial charge on any atom is 0.227 e. The van der Waals surface area contributed by atoms with Gasteiger partial charge in [-0.15, -0.1) is 0 Å². The SMILES string of the molecule is CC(C)c1ccc(N2C[C@H](C(=O)NCCc3ccccn3)CC2=O)cc1. The minimum absolute atomic E-state index is 0.00664. The van der Waals surface area contributed by atoms with Crippen molar-refractivity contribution in [1.82, 2.24) is 10.3 Å². The summed E-state index contributed by atoms with van der Waals surface area (Å²) >= 11 is 0. The Bertz CT molecular complexity index is 757. The average molecular weight is 351 g/mol. The number of carbonyl (C=O) groups is 2. The molecule has 5 nitrogen and oxygen atoms in total. The normalized spacial score (nSPS) is 17.0. The van der Waals surface area contributed by atoms with Crippen LogP contribution in [0.1, 0.15) is 37.4 Å². The molecule has 1 saturated heterocycles. The van der Waals surface area contributed by atoms with Gasteiger partial charge in [-0.05, 0) is 35.7 Å². The van der Waals surface area contributed by atoms with Gasteiger partial charge in [0.1, 0.15) is 0 Å². The lowest BCUT2D eigenvalue weighted by molar-refractivity contribution is -0.126. The number of nitrogens with one attached hydrogen (secondary N) is 1. The topological polar surface area (TPSA) is 62.3 Å². The summed E-state index contributed by atoms with van der Waals surface area (Å²) in [5.74, 6) is 0.106. The maximum absolute atomic E-state index is 12.4. The summed E-state index contributed by atoms with van der Waals surface area (Å²) in [7, 11) is 0. The number of carbonyl (C=O) groups excluding carboxylic acids is 2. The van der Waals surface area contributed by atoms with Crippen molar-refractivity contribution in [3.05, 3.63) is 59.9 Å². The van der Waals surface area contributed by atoms with Crippen molar-refractivity contribution in [3.63, 3.8) is 0 Å². The number of hydrogen-bond donors (Lipinski definition) is 1. The lowest BCUT2D eigenvalue weighted by atomic mass is 10.0. The minimum atomic E-state index is -0.295. The molecule has 3 rings (SSSR count). The summed E-state index contributed by atoms with van der Waals surface area (Å²) in [5, 5.41) is 2.93. The first-order valence-electron chi connectivity index (χ1n) is 9.12. The Labute approximate surface area is 154 Å². The summed E-state index contributed by atoms with van der Waals surface area (Å²) < 4.78 is 0. The van der Waals surface area contributed by atoms with Gasteiger partial charge in [0.2, 0.25) is 11.8 Å². The zero-order valence-electron chi connectivity index (χ0n) is 15.3. The van der Waals surface area contributed by atoms with Crippen molar-refractivity contribution in [2.75, 3.05) is 18.0 Å². The third kappa shape index (κ3) is 4.28. The molecule has 0 bridgehead atoms. The van der Waals surface area contributed by atoms with Crippen LogP contribution in [-0.2, 0) is 16.0 Å². The molecule has 26 heavy (non-hydrogen) atoms. The second kappa shape index (κ2) is 8.13. The molecule has 1 fully saturated rings. The first kappa shape index (κ1) is 18.1. The van der Waals surface area contributed by atoms with Crippen molar-refractivity contribution < 1.29 is 9.59 Å². The predicted molar refractivity (Wildman–Crippen MR) is 102 cm³/mol. The van der Waals surface area contributed by atoms with Gasteiger partial charge >= 0.3 is 0 Å². The number of nitrogens with zero attached hydrogens (tertiary/aromatic N) is 2. The van der Waals surface area contributed by atoms with Gasteiger partial charge < -0.3 is 10.2 Å². The molecule has 1 N–H and O–H groups in total. The largest absolute Gasteiger partial charge is 0.355 e. The van der Waals surface area contributed by atoms with Gasteiger partial charge in [0.15, 0.2) is 0 Å². The molecule has 1 aliphatic rings. The van der Waals surface area contributed by atoms with E-state index in [1.807, 2.05) is 42.5 Å². The van der Waals surface area contributed by atoms with E-state index in [1.54, 1.807) is 11.1 Å². The molecule has 136 valence electrons. The first-order valence-corrected chi connectivity index (χ1v) is 9.12. The lowest BCUT2D eigenvalue weighted by Crippen LogP contribution is -2.34. The number of aromatic nitrogens is 1. The Morgan fingerprint density at radius 3 is 2.65 bits per heavy atom. The van der Waals surface area contributed by atoms with Gasteiger partial charge in [-0.1, -0.05) is 32.0 Å². The predicted octanol–water partition coefficient (Wildman–Crippen LogP) is 2.92. The Hall–Kier alpha value is -2.69. The number of benzene rings is 1. The van der Waals surface area contributed by atoms with E-state index in [2.05, 4.69) is 24.1 Å². The number of rotatable bonds is 6. The standard InChI is InChI=1S/C21H25N3O2/c1-15(2)16-6-8-19(9-7-16)24-14-17(13-20(24)25)21(26)23-12-10-18-5-3-4-11-22-18/h3-9,11,15,17H,10,12-14H2,1-2H3,(H,23,26)/t17-/m1/s1. The van der Waals surface area contributed by atoms with E-state index < -0.39 is 0 Å². The molecule has 2 aromatic rings. The third-order valence-corrected chi connectivity index (χ3v) is 4.77. The molecule has 0 radical (unpaired) electrons. The van der Waals surface area contributed by atoms with Gasteiger partial charge in [0, 0.05) is 43.5 Å². The van der Waals surface area contributed by atoms with E-state index >= 15 is 0 Å². The van der Waals surface area contributed by atoms with E-state index in [0.717, 1.165) is 11.4 Å². The molecule has 0 saturated carbocycles. The molecule has 0 spiro atoms. The number of pyridine rings is 1. The van der Waals surface area contributed by atoms with Crippen molar-refractivity contribution in [2.45, 2.75) is 32.6 Å². The molecule has 1 atom stereocenters. The van der Waals surface area contributed by atoms with Crippen LogP contribution in [0.3, 0.4) is 0 Å². The van der Waals surface area contributed by atoms with Crippen molar-refractivity contribution >= 4 is 17.5 Å². The fraction of sp³-hybridized carbons (Fsp3) is 0.381. The Balaban J connectivity index is 1.54. The van der Waals surface area contributed by atoms with E-state index in [1.165, 1.54) is 5.56 Å². The minimum Gasteiger partial charge on any atom is -0.355 e. The molecule has 1 aromatic heterocycles. The summed E-state index contributed by atoms with van der Waals surface area (Å²) in [5.41, 5.74) is 3.05. The highest BCUT2D eigenvalue weighted by Gasteiger charge is 2.34. The fourth-order valence-electron chi connectivity index (χ4n) is 3.18. The van der Waals surface area contributed by atoms with Gasteiger partial charge in [0.25, 0.3) is 0 Å². The van der Waals surface area contributed by atoms with Crippen molar-refractivity contribution in [3.8, 4) is 0 Å². The van der Waals surface area contributed by atoms with Crippen LogP contribution in [-0.4, -0.2) is 29.9 Å². The van der Waals surface area contributed by atoms with Gasteiger partial charge in [0.05, 0.1) is 5.92 Å². The van der Waals surface area contributed by atoms with E-state index in [0.29, 0.717) is 25.4 Å². The zero-order valence-corrected chi connectivity index (χ0v) is 15.3. The summed E-state index contributed by atoms with van der Waals surface area (Å²) in [6.07, 6.45) is 2.70. The van der Waals surface area contributed by atoms with Crippen molar-refractivity contribution in [1.29, 1.82) is 0 Å². The third-order valence-electron chi connectivity index (χ3n) is 4.77. The molecular weight excluding hydrogens is 326 g/mol. The molecule has 1 aromatic carbocycles. The molecule has 1 aliphatic heterocycles. The summed E-state index contributed by atoms with van der Waals surface area (Å²) in [6.45, 7) is 5.25. The van der Waals surface area contributed by atoms with Crippen LogP contribution < -0.4 is 10.2 Å². The highest BCUT2D eigenvalue weighted by atomic mass is 16.2. The van der Waals surface area contributed by atoms with Crippen LogP contribution in [0, 0.1) is 5.92 Å². The fourth-order valence-corrected chi connectivity index (χ4v) is 3.18. The Kier molecular flexibility index (Phi) is 5.66. The average Bonchev–Trinajstić information content (AvgIpc) is 3.04. The monoisotopic (exact) mass is 351 g/mol. The second-order valence-electron chi connectivity index (χ2n) is 7.01. The molecular formula is C21H25N3O2. The van der Waals surface area contributed by atoms with Crippen LogP contribution >= 0.6 is 0 Å². The quantitative estimate of drug-likeness (QED) is 0.870. The van der Waals surface area contributed by atoms with Crippen molar-refractivity contribution in [2.24, 2.45) is 5.92 Å². The summed E-state index contributed by atoms with van der Waals surface area (Å²) in [6, 6.07) is 13.8. The van der Waals surface area contributed by atoms with Crippen LogP contribution in [0.25, 0.3) is 0 Å². The van der Waals surface area contributed by atoms with Gasteiger partial charge in [-0.2, -0.15) is 0 Å². The number of anilines is 1. The van der Waals surface area contributed by atoms with Crippen LogP contribution in [0.15, 0.2) is 48.7 Å².